The molecule has 0 aliphatic rings. The summed E-state index contributed by atoms with van der Waals surface area (Å²) in [5.41, 5.74) is 2.85. The Balaban J connectivity index is 0.000000293. The molecule has 3 aromatic rings. The van der Waals surface area contributed by atoms with Crippen molar-refractivity contribution in [2.75, 3.05) is 5.43 Å². The van der Waals surface area contributed by atoms with Crippen LogP contribution in [0.15, 0.2) is 49.3 Å². The van der Waals surface area contributed by atoms with E-state index in [4.69, 9.17) is 9.47 Å². The number of benzene rings is 2. The molecule has 0 amide bonds. The van der Waals surface area contributed by atoms with Gasteiger partial charge >= 0.3 is 6.18 Å². The van der Waals surface area contributed by atoms with Gasteiger partial charge in [0.15, 0.2) is 0 Å². The van der Waals surface area contributed by atoms with Crippen LogP contribution in [0, 0.1) is 25.5 Å². The maximum Gasteiger partial charge on any atom is 0.455 e. The van der Waals surface area contributed by atoms with Gasteiger partial charge in [0.2, 0.25) is 0 Å². The molecule has 0 atom stereocenters. The lowest BCUT2D eigenvalue weighted by molar-refractivity contribution is -0.162. The summed E-state index contributed by atoms with van der Waals surface area (Å²) in [7, 11) is 0. The molecule has 8 nitrogen and oxygen atoms in total. The summed E-state index contributed by atoms with van der Waals surface area (Å²) in [5, 5.41) is 7.08. The van der Waals surface area contributed by atoms with E-state index in [1.54, 1.807) is 33.9 Å². The van der Waals surface area contributed by atoms with Crippen LogP contribution in [0.4, 0.5) is 27.6 Å². The number of ketones is 1. The van der Waals surface area contributed by atoms with Crippen LogP contribution in [0.3, 0.4) is 0 Å². The van der Waals surface area contributed by atoms with Crippen LogP contribution in [0.1, 0.15) is 38.8 Å². The second-order valence-corrected chi connectivity index (χ2v) is 10.9. The molecule has 1 aromatic heterocycles. The Bertz CT molecular complexity index is 1530. The molecule has 15 heteroatoms. The Kier molecular flexibility index (Phi) is 12.2. The highest BCUT2D eigenvalue weighted by Gasteiger charge is 2.36. The van der Waals surface area contributed by atoms with Gasteiger partial charge in [0, 0.05) is 17.7 Å². The molecule has 0 radical (unpaired) electrons. The molecule has 0 fully saturated rings. The summed E-state index contributed by atoms with van der Waals surface area (Å²) in [6, 6.07) is 5.04. The van der Waals surface area contributed by atoms with E-state index in [0.29, 0.717) is 20.3 Å². The van der Waals surface area contributed by atoms with Gasteiger partial charge in [-0.2, -0.15) is 28.1 Å². The van der Waals surface area contributed by atoms with E-state index in [2.05, 4.69) is 42.1 Å². The third kappa shape index (κ3) is 9.61. The van der Waals surface area contributed by atoms with Gasteiger partial charge in [-0.3, -0.25) is 15.0 Å². The number of aryl methyl sites for hydroxylation is 1. The quantitative estimate of drug-likeness (QED) is 0.147. The maximum absolute atomic E-state index is 14.2. The highest BCUT2D eigenvalue weighted by molar-refractivity contribution is 9.10. The van der Waals surface area contributed by atoms with Gasteiger partial charge < -0.3 is 9.47 Å². The second-order valence-electron chi connectivity index (χ2n) is 9.23. The number of Topliss-reactive ketones (excluding diaryl/α,β-unsaturated/α-hetero) is 1. The van der Waals surface area contributed by atoms with Crippen LogP contribution in [0.2, 0.25) is 0 Å². The zero-order valence-electron chi connectivity index (χ0n) is 23.2. The van der Waals surface area contributed by atoms with Gasteiger partial charge in [-0.25, -0.2) is 8.78 Å². The van der Waals surface area contributed by atoms with Crippen molar-refractivity contribution < 1.29 is 36.2 Å². The fraction of sp³-hybridized carbons (Fsp3) is 0.333. The Hall–Kier alpha value is -3.33. The summed E-state index contributed by atoms with van der Waals surface area (Å²) in [5.74, 6) is -2.71. The molecule has 1 heterocycles. The third-order valence-electron chi connectivity index (χ3n) is 5.09. The van der Waals surface area contributed by atoms with E-state index in [1.807, 2.05) is 19.3 Å². The van der Waals surface area contributed by atoms with E-state index in [1.165, 1.54) is 18.2 Å². The Labute approximate surface area is 255 Å². The van der Waals surface area contributed by atoms with Crippen molar-refractivity contribution in [3.8, 4) is 17.2 Å². The lowest BCUT2D eigenvalue weighted by atomic mass is 10.2. The zero-order valence-corrected chi connectivity index (χ0v) is 26.4. The predicted molar refractivity (Wildman–Crippen MR) is 156 cm³/mol. The first-order valence-corrected chi connectivity index (χ1v) is 13.8. The number of nitrogens with one attached hydrogen (secondary N) is 1. The highest BCUT2D eigenvalue weighted by Crippen LogP contribution is 2.32. The summed E-state index contributed by atoms with van der Waals surface area (Å²) < 4.78 is 76.5. The highest BCUT2D eigenvalue weighted by atomic mass is 79.9. The standard InChI is InChI=1S/C15H16BrFN2O2.C12H11BrF4N2O2/c1-8(2)21-14-6-13(12(17)5-11(14)16)19-15(20)10(4)9(3)7-18-19;1-6(2)21-10-4-9(8(14)3-7(10)13)19-18-5-11(20)12(15,16)17/h5-8H,1-4H3;3-6,19H,1-2H3/b;18-5-. The molecule has 0 aliphatic carbocycles. The third-order valence-corrected chi connectivity index (χ3v) is 6.33. The van der Waals surface area contributed by atoms with Crippen molar-refractivity contribution >= 4 is 49.5 Å². The first-order valence-electron chi connectivity index (χ1n) is 12.2. The number of hydrogen-bond donors (Lipinski definition) is 1. The molecule has 228 valence electrons. The lowest BCUT2D eigenvalue weighted by Gasteiger charge is -2.14. The number of alkyl halides is 3. The smallest absolute Gasteiger partial charge is 0.455 e. The molecule has 3 rings (SSSR count). The van der Waals surface area contributed by atoms with Gasteiger partial charge in [0.1, 0.15) is 28.8 Å². The number of rotatable bonds is 8. The number of hydrazone groups is 1. The van der Waals surface area contributed by atoms with Crippen LogP contribution in [0.5, 0.6) is 11.5 Å². The van der Waals surface area contributed by atoms with Gasteiger partial charge in [-0.15, -0.1) is 0 Å². The summed E-state index contributed by atoms with van der Waals surface area (Å²) in [4.78, 5) is 22.8. The van der Waals surface area contributed by atoms with Gasteiger partial charge in [0.05, 0.1) is 39.3 Å². The van der Waals surface area contributed by atoms with E-state index >= 15 is 0 Å². The monoisotopic (exact) mass is 724 g/mol. The minimum atomic E-state index is -5.02. The molecule has 1 N–H and O–H groups in total. The van der Waals surface area contributed by atoms with Crippen LogP contribution < -0.4 is 20.5 Å². The number of ether oxygens (including phenoxy) is 2. The average molecular weight is 726 g/mol. The lowest BCUT2D eigenvalue weighted by Crippen LogP contribution is -2.25. The van der Waals surface area contributed by atoms with Crippen molar-refractivity contribution in [1.29, 1.82) is 0 Å². The maximum atomic E-state index is 14.2. The molecule has 0 spiro atoms. The minimum Gasteiger partial charge on any atom is -0.490 e. The SMILES string of the molecule is CC(C)Oc1cc(N/N=C\C(=O)C(F)(F)F)c(F)cc1Br.Cc1cnn(-c2cc(OC(C)C)c(Br)cc2F)c(=O)c1C. The van der Waals surface area contributed by atoms with Crippen molar-refractivity contribution in [1.82, 2.24) is 9.78 Å². The van der Waals surface area contributed by atoms with Crippen LogP contribution in [0.25, 0.3) is 5.69 Å². The molecule has 0 aliphatic heterocycles. The fourth-order valence-electron chi connectivity index (χ4n) is 3.01. The number of carbonyl (C=O) groups excluding carboxylic acids is 1. The first-order chi connectivity index (χ1) is 19.4. The fourth-order valence-corrected chi connectivity index (χ4v) is 3.83. The summed E-state index contributed by atoms with van der Waals surface area (Å²) >= 11 is 6.35. The van der Waals surface area contributed by atoms with Crippen molar-refractivity contribution in [3.63, 3.8) is 0 Å². The normalized spacial score (nSPS) is 11.5. The Morgan fingerprint density at radius 1 is 0.976 bits per heavy atom. The number of hydrogen-bond acceptors (Lipinski definition) is 7. The molecular formula is C27H27Br2F5N4O4. The first kappa shape index (κ1) is 34.9. The number of carbonyl (C=O) groups is 1. The van der Waals surface area contributed by atoms with Crippen molar-refractivity contribution in [3.05, 3.63) is 72.5 Å². The topological polar surface area (TPSA) is 94.8 Å². The number of halogens is 7. The number of nitrogens with zero attached hydrogens (tertiary/aromatic N) is 3. The van der Waals surface area contributed by atoms with Gasteiger partial charge in [0.25, 0.3) is 11.3 Å². The van der Waals surface area contributed by atoms with E-state index in [-0.39, 0.29) is 41.1 Å². The van der Waals surface area contributed by atoms with Crippen molar-refractivity contribution in [2.45, 2.75) is 59.9 Å². The summed E-state index contributed by atoms with van der Waals surface area (Å²) in [6.45, 7) is 10.7. The molecular weight excluding hydrogens is 699 g/mol. The van der Waals surface area contributed by atoms with E-state index < -0.39 is 23.6 Å². The van der Waals surface area contributed by atoms with Crippen LogP contribution in [-0.4, -0.2) is 40.2 Å². The van der Waals surface area contributed by atoms with E-state index in [0.717, 1.165) is 16.3 Å². The zero-order chi connectivity index (χ0) is 31.9. The van der Waals surface area contributed by atoms with Crippen molar-refractivity contribution in [2.24, 2.45) is 5.10 Å². The predicted octanol–water partition coefficient (Wildman–Crippen LogP) is 7.44. The van der Waals surface area contributed by atoms with Gasteiger partial charge in [-0.05, 0) is 91.1 Å². The van der Waals surface area contributed by atoms with Gasteiger partial charge in [-0.1, -0.05) is 0 Å². The van der Waals surface area contributed by atoms with Crippen LogP contribution >= 0.6 is 31.9 Å². The minimum absolute atomic E-state index is 0.0322. The summed E-state index contributed by atoms with van der Waals surface area (Å²) in [6.07, 6.45) is -3.69. The Morgan fingerprint density at radius 3 is 2.02 bits per heavy atom. The largest absolute Gasteiger partial charge is 0.490 e. The van der Waals surface area contributed by atoms with E-state index in [9.17, 15) is 31.5 Å². The molecule has 42 heavy (non-hydrogen) atoms. The Morgan fingerprint density at radius 2 is 1.50 bits per heavy atom. The molecule has 2 aromatic carbocycles. The number of anilines is 1. The molecule has 0 bridgehead atoms. The molecule has 0 saturated carbocycles. The average Bonchev–Trinajstić information content (AvgIpc) is 2.86. The number of aromatic nitrogens is 2. The second kappa shape index (κ2) is 14.7. The molecule has 0 saturated heterocycles. The molecule has 0 unspecified atom stereocenters. The van der Waals surface area contributed by atoms with Crippen LogP contribution in [-0.2, 0) is 4.79 Å².